The van der Waals surface area contributed by atoms with Gasteiger partial charge in [-0.1, -0.05) is 54.7 Å². The minimum Gasteiger partial charge on any atom is -0.480 e. The van der Waals surface area contributed by atoms with Gasteiger partial charge >= 0.3 is 4.87 Å². The molecular weight excluding hydrogens is 396 g/mol. The monoisotopic (exact) mass is 420 g/mol. The third-order valence-corrected chi connectivity index (χ3v) is 6.00. The molecule has 0 aliphatic rings. The van der Waals surface area contributed by atoms with Crippen molar-refractivity contribution < 1.29 is 9.53 Å². The Balaban J connectivity index is 1.56. The van der Waals surface area contributed by atoms with E-state index >= 15 is 0 Å². The molecule has 1 amide bonds. The molecule has 0 fully saturated rings. The van der Waals surface area contributed by atoms with Crippen LogP contribution in [0.5, 0.6) is 5.75 Å². The number of nitrogens with zero attached hydrogens (tertiary/aromatic N) is 1. The zero-order valence-electron chi connectivity index (χ0n) is 17.2. The molecule has 0 radical (unpaired) electrons. The lowest BCUT2D eigenvalue weighted by Crippen LogP contribution is -2.32. The maximum absolute atomic E-state index is 12.9. The van der Waals surface area contributed by atoms with Crippen LogP contribution >= 0.6 is 11.3 Å². The molecule has 0 aliphatic heterocycles. The van der Waals surface area contributed by atoms with Crippen molar-refractivity contribution in [2.75, 3.05) is 5.32 Å². The second-order valence-electron chi connectivity index (χ2n) is 7.50. The third kappa shape index (κ3) is 3.83. The van der Waals surface area contributed by atoms with Gasteiger partial charge in [-0.15, -0.1) is 0 Å². The van der Waals surface area contributed by atoms with Crippen LogP contribution in [0.25, 0.3) is 21.0 Å². The molecule has 1 aromatic heterocycles. The van der Waals surface area contributed by atoms with E-state index in [1.54, 1.807) is 4.57 Å². The zero-order chi connectivity index (χ0) is 21.3. The van der Waals surface area contributed by atoms with Gasteiger partial charge < -0.3 is 10.1 Å². The molecule has 30 heavy (non-hydrogen) atoms. The van der Waals surface area contributed by atoms with E-state index in [0.717, 1.165) is 21.0 Å². The number of ether oxygens (including phenoxy) is 1. The number of rotatable bonds is 6. The van der Waals surface area contributed by atoms with Crippen molar-refractivity contribution in [1.82, 2.24) is 4.57 Å². The van der Waals surface area contributed by atoms with Crippen LogP contribution in [-0.2, 0) is 4.79 Å². The second-order valence-corrected chi connectivity index (χ2v) is 8.49. The maximum atomic E-state index is 12.9. The fraction of sp³-hybridized carbons (Fsp3) is 0.250. The van der Waals surface area contributed by atoms with E-state index in [4.69, 9.17) is 4.74 Å². The van der Waals surface area contributed by atoms with Crippen LogP contribution in [-0.4, -0.2) is 16.6 Å². The molecule has 0 saturated heterocycles. The third-order valence-electron chi connectivity index (χ3n) is 5.08. The minimum absolute atomic E-state index is 0.00852. The van der Waals surface area contributed by atoms with Gasteiger partial charge in [-0.2, -0.15) is 0 Å². The standard InChI is InChI=1S/C24H24N2O3S/c1-4-20(29-21-11-7-9-16-8-5-6-10-18(16)21)23(27)25-17-12-13-19-22(14-17)30-24(28)26(19)15(2)3/h5-15,20H,4H2,1-3H3,(H,25,27). The predicted molar refractivity (Wildman–Crippen MR) is 124 cm³/mol. The number of thiazole rings is 1. The van der Waals surface area contributed by atoms with Gasteiger partial charge in [0, 0.05) is 17.1 Å². The zero-order valence-corrected chi connectivity index (χ0v) is 18.0. The normalized spacial score (nSPS) is 12.4. The summed E-state index contributed by atoms with van der Waals surface area (Å²) >= 11 is 1.19. The van der Waals surface area contributed by atoms with Gasteiger partial charge in [0.05, 0.1) is 10.2 Å². The molecule has 4 aromatic rings. The summed E-state index contributed by atoms with van der Waals surface area (Å²) in [5.74, 6) is 0.484. The Bertz CT molecular complexity index is 1270. The molecule has 1 atom stereocenters. The lowest BCUT2D eigenvalue weighted by molar-refractivity contribution is -0.122. The number of hydrogen-bond donors (Lipinski definition) is 1. The predicted octanol–water partition coefficient (Wildman–Crippen LogP) is 5.59. The summed E-state index contributed by atoms with van der Waals surface area (Å²) < 4.78 is 8.71. The Hall–Kier alpha value is -3.12. The van der Waals surface area contributed by atoms with Crippen LogP contribution < -0.4 is 14.9 Å². The number of amides is 1. The van der Waals surface area contributed by atoms with Crippen molar-refractivity contribution >= 4 is 43.9 Å². The van der Waals surface area contributed by atoms with Crippen molar-refractivity contribution in [3.05, 3.63) is 70.3 Å². The van der Waals surface area contributed by atoms with E-state index in [9.17, 15) is 9.59 Å². The number of hydrogen-bond acceptors (Lipinski definition) is 4. The minimum atomic E-state index is -0.620. The van der Waals surface area contributed by atoms with E-state index in [1.807, 2.05) is 81.4 Å². The van der Waals surface area contributed by atoms with Crippen molar-refractivity contribution in [2.24, 2.45) is 0 Å². The van der Waals surface area contributed by atoms with Gasteiger partial charge in [-0.25, -0.2) is 0 Å². The summed E-state index contributed by atoms with van der Waals surface area (Å²) in [4.78, 5) is 25.2. The average Bonchev–Trinajstić information content (AvgIpc) is 3.07. The summed E-state index contributed by atoms with van der Waals surface area (Å²) in [5, 5.41) is 4.99. The first kappa shape index (κ1) is 20.2. The summed E-state index contributed by atoms with van der Waals surface area (Å²) in [6.45, 7) is 5.90. The first-order chi connectivity index (χ1) is 14.5. The summed E-state index contributed by atoms with van der Waals surface area (Å²) in [7, 11) is 0. The first-order valence-corrected chi connectivity index (χ1v) is 10.9. The van der Waals surface area contributed by atoms with Gasteiger partial charge in [0.15, 0.2) is 6.10 Å². The number of anilines is 1. The Kier molecular flexibility index (Phi) is 5.59. The van der Waals surface area contributed by atoms with Crippen LogP contribution in [0.1, 0.15) is 33.2 Å². The summed E-state index contributed by atoms with van der Waals surface area (Å²) in [6, 6.07) is 19.4. The molecule has 0 bridgehead atoms. The number of benzene rings is 3. The van der Waals surface area contributed by atoms with Crippen LogP contribution in [0.2, 0.25) is 0 Å². The molecular formula is C24H24N2O3S. The molecule has 0 saturated carbocycles. The molecule has 154 valence electrons. The molecule has 1 heterocycles. The lowest BCUT2D eigenvalue weighted by atomic mass is 10.1. The topological polar surface area (TPSA) is 60.3 Å². The molecule has 5 nitrogen and oxygen atoms in total. The summed E-state index contributed by atoms with van der Waals surface area (Å²) in [6.07, 6.45) is -0.0838. The Labute approximate surface area is 178 Å². The smallest absolute Gasteiger partial charge is 0.308 e. The Morgan fingerprint density at radius 3 is 2.63 bits per heavy atom. The van der Waals surface area contributed by atoms with Gasteiger partial charge in [0.1, 0.15) is 5.75 Å². The van der Waals surface area contributed by atoms with Crippen molar-refractivity contribution in [1.29, 1.82) is 0 Å². The fourth-order valence-corrected chi connectivity index (χ4v) is 4.65. The highest BCUT2D eigenvalue weighted by atomic mass is 32.1. The Morgan fingerprint density at radius 2 is 1.87 bits per heavy atom. The largest absolute Gasteiger partial charge is 0.480 e. The average molecular weight is 421 g/mol. The quantitative estimate of drug-likeness (QED) is 0.442. The highest BCUT2D eigenvalue weighted by Gasteiger charge is 2.20. The van der Waals surface area contributed by atoms with E-state index < -0.39 is 6.10 Å². The number of carbonyl (C=O) groups is 1. The molecule has 0 spiro atoms. The molecule has 0 aliphatic carbocycles. The first-order valence-electron chi connectivity index (χ1n) is 10.1. The van der Waals surface area contributed by atoms with Crippen molar-refractivity contribution in [2.45, 2.75) is 39.3 Å². The van der Waals surface area contributed by atoms with Crippen molar-refractivity contribution in [3.8, 4) is 5.75 Å². The number of fused-ring (bicyclic) bond motifs is 2. The number of nitrogens with one attached hydrogen (secondary N) is 1. The van der Waals surface area contributed by atoms with Crippen LogP contribution in [0.4, 0.5) is 5.69 Å². The van der Waals surface area contributed by atoms with E-state index in [2.05, 4.69) is 5.32 Å². The van der Waals surface area contributed by atoms with Crippen LogP contribution in [0.3, 0.4) is 0 Å². The lowest BCUT2D eigenvalue weighted by Gasteiger charge is -2.18. The van der Waals surface area contributed by atoms with E-state index in [-0.39, 0.29) is 16.8 Å². The van der Waals surface area contributed by atoms with E-state index in [1.165, 1.54) is 11.3 Å². The van der Waals surface area contributed by atoms with Gasteiger partial charge in [-0.05, 0) is 49.9 Å². The molecule has 4 rings (SSSR count). The fourth-order valence-electron chi connectivity index (χ4n) is 3.60. The highest BCUT2D eigenvalue weighted by Crippen LogP contribution is 2.28. The van der Waals surface area contributed by atoms with Gasteiger partial charge in [0.25, 0.3) is 5.91 Å². The molecule has 6 heteroatoms. The van der Waals surface area contributed by atoms with Crippen molar-refractivity contribution in [3.63, 3.8) is 0 Å². The maximum Gasteiger partial charge on any atom is 0.308 e. The molecule has 1 N–H and O–H groups in total. The molecule has 1 unspecified atom stereocenters. The molecule has 3 aromatic carbocycles. The highest BCUT2D eigenvalue weighted by molar-refractivity contribution is 7.16. The van der Waals surface area contributed by atoms with Gasteiger partial charge in [-0.3, -0.25) is 14.2 Å². The van der Waals surface area contributed by atoms with Crippen LogP contribution in [0, 0.1) is 0 Å². The van der Waals surface area contributed by atoms with Gasteiger partial charge in [0.2, 0.25) is 0 Å². The summed E-state index contributed by atoms with van der Waals surface area (Å²) in [5.41, 5.74) is 1.54. The van der Waals surface area contributed by atoms with Crippen LogP contribution in [0.15, 0.2) is 65.5 Å². The second kappa shape index (κ2) is 8.32. The number of carbonyl (C=O) groups excluding carboxylic acids is 1. The number of aromatic nitrogens is 1. The van der Waals surface area contributed by atoms with E-state index in [0.29, 0.717) is 17.9 Å². The SMILES string of the molecule is CCC(Oc1cccc2ccccc12)C(=O)Nc1ccc2c(c1)sc(=O)n2C(C)C. The Morgan fingerprint density at radius 1 is 1.10 bits per heavy atom.